The third-order valence-electron chi connectivity index (χ3n) is 2.62. The van der Waals surface area contributed by atoms with Gasteiger partial charge in [-0.1, -0.05) is 0 Å². The summed E-state index contributed by atoms with van der Waals surface area (Å²) in [7, 11) is 0. The van der Waals surface area contributed by atoms with Gasteiger partial charge in [0.15, 0.2) is 0 Å². The van der Waals surface area contributed by atoms with Crippen molar-refractivity contribution in [3.05, 3.63) is 24.3 Å². The number of pyridine rings is 1. The van der Waals surface area contributed by atoms with Crippen molar-refractivity contribution in [3.63, 3.8) is 0 Å². The van der Waals surface area contributed by atoms with Crippen LogP contribution in [0, 0.1) is 5.95 Å². The van der Waals surface area contributed by atoms with Crippen LogP contribution < -0.4 is 5.32 Å². The van der Waals surface area contributed by atoms with Crippen molar-refractivity contribution in [1.29, 1.82) is 0 Å². The highest BCUT2D eigenvalue weighted by Crippen LogP contribution is 2.12. The van der Waals surface area contributed by atoms with Gasteiger partial charge < -0.3 is 10.2 Å². The predicted molar refractivity (Wildman–Crippen MR) is 58.6 cm³/mol. The van der Waals surface area contributed by atoms with Gasteiger partial charge in [-0.15, -0.1) is 0 Å². The van der Waals surface area contributed by atoms with Crippen LogP contribution in [0.3, 0.4) is 0 Å². The minimum atomic E-state index is -0.587. The molecule has 1 aliphatic rings. The number of nitrogens with zero attached hydrogens (tertiary/aromatic N) is 2. The van der Waals surface area contributed by atoms with Crippen molar-refractivity contribution < 1.29 is 9.18 Å². The van der Waals surface area contributed by atoms with E-state index in [1.54, 1.807) is 11.0 Å². The number of aromatic nitrogens is 1. The highest BCUT2D eigenvalue weighted by atomic mass is 19.1. The van der Waals surface area contributed by atoms with Crippen LogP contribution in [0.25, 0.3) is 0 Å². The summed E-state index contributed by atoms with van der Waals surface area (Å²) in [5.41, 5.74) is 0.447. The van der Waals surface area contributed by atoms with Gasteiger partial charge in [0, 0.05) is 31.0 Å². The predicted octanol–water partition coefficient (Wildman–Crippen LogP) is 2.24. The second-order valence-corrected chi connectivity index (χ2v) is 3.85. The number of nitrogens with one attached hydrogen (secondary N) is 1. The molecule has 5 heteroatoms. The Balaban J connectivity index is 1.96. The maximum absolute atomic E-state index is 12.8. The lowest BCUT2D eigenvalue weighted by Gasteiger charge is -2.26. The quantitative estimate of drug-likeness (QED) is 0.742. The van der Waals surface area contributed by atoms with Crippen LogP contribution in [-0.4, -0.2) is 29.0 Å². The smallest absolute Gasteiger partial charge is 0.321 e. The molecule has 4 nitrogen and oxygen atoms in total. The fourth-order valence-corrected chi connectivity index (χ4v) is 1.78. The molecule has 0 unspecified atom stereocenters. The number of carbonyl (C=O) groups excluding carboxylic acids is 1. The van der Waals surface area contributed by atoms with Crippen molar-refractivity contribution in [2.75, 3.05) is 18.4 Å². The number of rotatable bonds is 1. The number of hydrogen-bond acceptors (Lipinski definition) is 2. The standard InChI is InChI=1S/C11H14FN3O/c12-10-8-9(4-5-13-10)14-11(16)15-6-2-1-3-7-15/h4-5,8H,1-3,6-7H2,(H,13,14,16). The van der Waals surface area contributed by atoms with Crippen LogP contribution in [-0.2, 0) is 0 Å². The van der Waals surface area contributed by atoms with E-state index in [0.29, 0.717) is 5.69 Å². The lowest BCUT2D eigenvalue weighted by molar-refractivity contribution is 0.200. The van der Waals surface area contributed by atoms with Crippen LogP contribution in [0.1, 0.15) is 19.3 Å². The van der Waals surface area contributed by atoms with Gasteiger partial charge in [-0.3, -0.25) is 0 Å². The highest BCUT2D eigenvalue weighted by molar-refractivity contribution is 5.89. The molecular weight excluding hydrogens is 209 g/mol. The largest absolute Gasteiger partial charge is 0.325 e. The van der Waals surface area contributed by atoms with E-state index >= 15 is 0 Å². The highest BCUT2D eigenvalue weighted by Gasteiger charge is 2.16. The molecule has 1 aromatic rings. The first kappa shape index (κ1) is 10.9. The summed E-state index contributed by atoms with van der Waals surface area (Å²) in [5, 5.41) is 2.66. The lowest BCUT2D eigenvalue weighted by atomic mass is 10.1. The molecule has 86 valence electrons. The average molecular weight is 223 g/mol. The first-order valence-corrected chi connectivity index (χ1v) is 5.43. The van der Waals surface area contributed by atoms with Gasteiger partial charge in [0.25, 0.3) is 0 Å². The molecule has 0 aromatic carbocycles. The summed E-state index contributed by atoms with van der Waals surface area (Å²) in [6.45, 7) is 1.55. The van der Waals surface area contributed by atoms with Gasteiger partial charge in [0.2, 0.25) is 5.95 Å². The molecule has 1 saturated heterocycles. The Labute approximate surface area is 93.5 Å². The molecule has 1 N–H and O–H groups in total. The molecule has 0 radical (unpaired) electrons. The number of carbonyl (C=O) groups is 1. The molecule has 0 spiro atoms. The fraction of sp³-hybridized carbons (Fsp3) is 0.455. The zero-order chi connectivity index (χ0) is 11.4. The molecule has 0 atom stereocenters. The summed E-state index contributed by atoms with van der Waals surface area (Å²) < 4.78 is 12.8. The van der Waals surface area contributed by atoms with Crippen LogP contribution in [0.4, 0.5) is 14.9 Å². The Hall–Kier alpha value is -1.65. The normalized spacial score (nSPS) is 15.9. The second-order valence-electron chi connectivity index (χ2n) is 3.85. The molecule has 1 aliphatic heterocycles. The Morgan fingerprint density at radius 3 is 2.81 bits per heavy atom. The van der Waals surface area contributed by atoms with Crippen molar-refractivity contribution in [1.82, 2.24) is 9.88 Å². The van der Waals surface area contributed by atoms with Gasteiger partial charge in [0.05, 0.1) is 0 Å². The van der Waals surface area contributed by atoms with Crippen LogP contribution >= 0.6 is 0 Å². The number of urea groups is 1. The first-order chi connectivity index (χ1) is 7.75. The van der Waals surface area contributed by atoms with E-state index in [0.717, 1.165) is 25.9 Å². The van der Waals surface area contributed by atoms with E-state index in [9.17, 15) is 9.18 Å². The molecule has 2 amide bonds. The van der Waals surface area contributed by atoms with Crippen LogP contribution in [0.5, 0.6) is 0 Å². The Kier molecular flexibility index (Phi) is 3.34. The summed E-state index contributed by atoms with van der Waals surface area (Å²) in [6.07, 6.45) is 4.59. The third-order valence-corrected chi connectivity index (χ3v) is 2.62. The lowest BCUT2D eigenvalue weighted by Crippen LogP contribution is -2.38. The SMILES string of the molecule is O=C(Nc1ccnc(F)c1)N1CCCCC1. The maximum atomic E-state index is 12.8. The van der Waals surface area contributed by atoms with E-state index in [1.165, 1.54) is 18.7 Å². The molecule has 0 aliphatic carbocycles. The maximum Gasteiger partial charge on any atom is 0.321 e. The minimum absolute atomic E-state index is 0.162. The molecule has 0 saturated carbocycles. The number of piperidine rings is 1. The van der Waals surface area contributed by atoms with Crippen molar-refractivity contribution in [2.24, 2.45) is 0 Å². The monoisotopic (exact) mass is 223 g/mol. The molecule has 2 rings (SSSR count). The van der Waals surface area contributed by atoms with Crippen molar-refractivity contribution >= 4 is 11.7 Å². The van der Waals surface area contributed by atoms with Crippen LogP contribution in [0.2, 0.25) is 0 Å². The van der Waals surface area contributed by atoms with Gasteiger partial charge in [-0.2, -0.15) is 4.39 Å². The fourth-order valence-electron chi connectivity index (χ4n) is 1.78. The molecule has 1 aromatic heterocycles. The summed E-state index contributed by atoms with van der Waals surface area (Å²) in [5.74, 6) is -0.587. The van der Waals surface area contributed by atoms with Gasteiger partial charge in [-0.05, 0) is 25.3 Å². The Bertz CT molecular complexity index is 377. The second kappa shape index (κ2) is 4.92. The zero-order valence-corrected chi connectivity index (χ0v) is 8.95. The van der Waals surface area contributed by atoms with E-state index in [4.69, 9.17) is 0 Å². The molecule has 2 heterocycles. The number of likely N-dealkylation sites (tertiary alicyclic amines) is 1. The van der Waals surface area contributed by atoms with E-state index in [1.807, 2.05) is 0 Å². The average Bonchev–Trinajstić information content (AvgIpc) is 2.30. The van der Waals surface area contributed by atoms with Gasteiger partial charge in [0.1, 0.15) is 0 Å². The van der Waals surface area contributed by atoms with Crippen molar-refractivity contribution in [2.45, 2.75) is 19.3 Å². The number of hydrogen-bond donors (Lipinski definition) is 1. The molecule has 1 fully saturated rings. The number of anilines is 1. The van der Waals surface area contributed by atoms with Crippen molar-refractivity contribution in [3.8, 4) is 0 Å². The first-order valence-electron chi connectivity index (χ1n) is 5.43. The molecule has 16 heavy (non-hydrogen) atoms. The van der Waals surface area contributed by atoms with E-state index in [2.05, 4.69) is 10.3 Å². The van der Waals surface area contributed by atoms with E-state index < -0.39 is 5.95 Å². The van der Waals surface area contributed by atoms with Gasteiger partial charge in [-0.25, -0.2) is 9.78 Å². The number of halogens is 1. The van der Waals surface area contributed by atoms with Gasteiger partial charge >= 0.3 is 6.03 Å². The van der Waals surface area contributed by atoms with Crippen LogP contribution in [0.15, 0.2) is 18.3 Å². The topological polar surface area (TPSA) is 45.2 Å². The third kappa shape index (κ3) is 2.68. The summed E-state index contributed by atoms with van der Waals surface area (Å²) in [4.78, 5) is 16.9. The molecule has 0 bridgehead atoms. The molecular formula is C11H14FN3O. The number of amides is 2. The zero-order valence-electron chi connectivity index (χ0n) is 8.95. The minimum Gasteiger partial charge on any atom is -0.325 e. The Morgan fingerprint density at radius 2 is 2.12 bits per heavy atom. The summed E-state index contributed by atoms with van der Waals surface area (Å²) >= 11 is 0. The summed E-state index contributed by atoms with van der Waals surface area (Å²) in [6, 6.07) is 2.62. The Morgan fingerprint density at radius 1 is 1.38 bits per heavy atom. The van der Waals surface area contributed by atoms with E-state index in [-0.39, 0.29) is 6.03 Å².